The van der Waals surface area contributed by atoms with Crippen LogP contribution in [-0.2, 0) is 14.8 Å². The smallest absolute Gasteiger partial charge is 0.265 e. The number of halogens is 1. The number of ether oxygens (including phenoxy) is 1. The number of sulfonamides is 1. The molecule has 1 amide bonds. The minimum Gasteiger partial charge on any atom is -0.478 e. The Balaban J connectivity index is 1.86. The van der Waals surface area contributed by atoms with Gasteiger partial charge in [-0.1, -0.05) is 24.3 Å². The van der Waals surface area contributed by atoms with E-state index in [1.54, 1.807) is 30.3 Å². The molecule has 132 valence electrons. The highest BCUT2D eigenvalue weighted by atomic mass is 79.9. The van der Waals surface area contributed by atoms with E-state index in [0.29, 0.717) is 17.1 Å². The molecule has 6 nitrogen and oxygen atoms in total. The maximum absolute atomic E-state index is 12.6. The van der Waals surface area contributed by atoms with Gasteiger partial charge in [0, 0.05) is 17.4 Å². The molecule has 0 radical (unpaired) electrons. The Bertz CT molecular complexity index is 901. The van der Waals surface area contributed by atoms with E-state index in [1.165, 1.54) is 4.31 Å². The van der Waals surface area contributed by atoms with E-state index in [4.69, 9.17) is 4.74 Å². The molecule has 0 aromatic heterocycles. The molecule has 0 spiro atoms. The van der Waals surface area contributed by atoms with Gasteiger partial charge in [-0.15, -0.1) is 0 Å². The molecule has 25 heavy (non-hydrogen) atoms. The van der Waals surface area contributed by atoms with Gasteiger partial charge in [0.15, 0.2) is 6.10 Å². The van der Waals surface area contributed by atoms with E-state index in [0.717, 1.165) is 10.7 Å². The summed E-state index contributed by atoms with van der Waals surface area (Å²) in [6.07, 6.45) is 0.600. The Hall–Kier alpha value is -2.06. The van der Waals surface area contributed by atoms with E-state index in [1.807, 2.05) is 18.2 Å². The largest absolute Gasteiger partial charge is 0.478 e. The third-order valence-electron chi connectivity index (χ3n) is 3.82. The summed E-state index contributed by atoms with van der Waals surface area (Å²) in [6, 6.07) is 14.1. The second-order valence-corrected chi connectivity index (χ2v) is 8.43. The van der Waals surface area contributed by atoms with Gasteiger partial charge in [0.1, 0.15) is 5.75 Å². The molecule has 2 aromatic rings. The zero-order valence-electron chi connectivity index (χ0n) is 13.5. The number of fused-ring (bicyclic) bond motifs is 1. The third kappa shape index (κ3) is 3.96. The summed E-state index contributed by atoms with van der Waals surface area (Å²) in [6.45, 7) is 0.171. The first-order valence-corrected chi connectivity index (χ1v) is 10.3. The monoisotopic (exact) mass is 424 g/mol. The number of hydrogen-bond acceptors (Lipinski definition) is 4. The summed E-state index contributed by atoms with van der Waals surface area (Å²) in [5.41, 5.74) is 1.08. The first-order chi connectivity index (χ1) is 11.9. The van der Waals surface area contributed by atoms with Crippen LogP contribution in [0.15, 0.2) is 53.0 Å². The topological polar surface area (TPSA) is 75.7 Å². The summed E-state index contributed by atoms with van der Waals surface area (Å²) in [5.74, 6) is 0.0507. The minimum atomic E-state index is -3.46. The molecule has 0 saturated heterocycles. The summed E-state index contributed by atoms with van der Waals surface area (Å²) in [5, 5.41) is 2.81. The third-order valence-corrected chi connectivity index (χ3v) is 5.69. The molecule has 3 rings (SSSR count). The number of benzene rings is 2. The first-order valence-electron chi connectivity index (χ1n) is 7.65. The highest BCUT2D eigenvalue weighted by Crippen LogP contribution is 2.34. The number of carbonyl (C=O) groups is 1. The van der Waals surface area contributed by atoms with Crippen molar-refractivity contribution in [2.45, 2.75) is 12.5 Å². The average molecular weight is 425 g/mol. The van der Waals surface area contributed by atoms with Crippen LogP contribution in [-0.4, -0.2) is 33.2 Å². The first kappa shape index (κ1) is 17.8. The minimum absolute atomic E-state index is 0.171. The van der Waals surface area contributed by atoms with Gasteiger partial charge < -0.3 is 10.1 Å². The van der Waals surface area contributed by atoms with Gasteiger partial charge in [0.05, 0.1) is 17.6 Å². The second-order valence-electron chi connectivity index (χ2n) is 5.67. The van der Waals surface area contributed by atoms with Crippen LogP contribution in [0.2, 0.25) is 0 Å². The molecule has 2 aromatic carbocycles. The molecule has 1 N–H and O–H groups in total. The lowest BCUT2D eigenvalue weighted by atomic mass is 10.2. The number of amides is 1. The summed E-state index contributed by atoms with van der Waals surface area (Å²) in [4.78, 5) is 12.6. The van der Waals surface area contributed by atoms with Crippen molar-refractivity contribution in [3.8, 4) is 5.75 Å². The number of carbonyl (C=O) groups excluding carboxylic acids is 1. The molecular weight excluding hydrogens is 408 g/mol. The molecular formula is C17H17BrN2O4S. The van der Waals surface area contributed by atoms with E-state index in [9.17, 15) is 13.2 Å². The quantitative estimate of drug-likeness (QED) is 0.821. The average Bonchev–Trinajstić information content (AvgIpc) is 2.76. The Morgan fingerprint density at radius 1 is 1.20 bits per heavy atom. The van der Waals surface area contributed by atoms with Gasteiger partial charge in [-0.05, 0) is 40.2 Å². The van der Waals surface area contributed by atoms with Crippen LogP contribution >= 0.6 is 15.9 Å². The zero-order chi connectivity index (χ0) is 18.0. The lowest BCUT2D eigenvalue weighted by molar-refractivity contribution is -0.122. The van der Waals surface area contributed by atoms with Crippen molar-refractivity contribution in [1.29, 1.82) is 0 Å². The van der Waals surface area contributed by atoms with E-state index in [-0.39, 0.29) is 18.9 Å². The molecule has 0 bridgehead atoms. The number of anilines is 2. The fourth-order valence-corrected chi connectivity index (χ4v) is 3.96. The summed E-state index contributed by atoms with van der Waals surface area (Å²) in [7, 11) is -3.46. The number of nitrogens with one attached hydrogen (secondary N) is 1. The van der Waals surface area contributed by atoms with Gasteiger partial charge in [0.25, 0.3) is 5.91 Å². The summed E-state index contributed by atoms with van der Waals surface area (Å²) >= 11 is 3.38. The van der Waals surface area contributed by atoms with Crippen molar-refractivity contribution in [1.82, 2.24) is 0 Å². The Morgan fingerprint density at radius 2 is 1.88 bits per heavy atom. The predicted molar refractivity (Wildman–Crippen MR) is 100 cm³/mol. The second kappa shape index (κ2) is 7.05. The van der Waals surface area contributed by atoms with E-state index >= 15 is 0 Å². The fraction of sp³-hybridized carbons (Fsp3) is 0.235. The van der Waals surface area contributed by atoms with Crippen molar-refractivity contribution in [2.75, 3.05) is 22.4 Å². The molecule has 1 aliphatic heterocycles. The van der Waals surface area contributed by atoms with Crippen molar-refractivity contribution in [3.05, 3.63) is 53.0 Å². The van der Waals surface area contributed by atoms with Crippen LogP contribution in [0.3, 0.4) is 0 Å². The van der Waals surface area contributed by atoms with Crippen molar-refractivity contribution >= 4 is 43.2 Å². The number of hydrogen-bond donors (Lipinski definition) is 1. The lowest BCUT2D eigenvalue weighted by Gasteiger charge is -2.20. The standard InChI is InChI=1S/C17H17BrN2O4S/c1-25(22,23)20-11-10-16(24-15-9-5-4-8-14(15)20)17(21)19-13-7-3-2-6-12(13)18/h2-9,16H,10-11H2,1H3,(H,19,21)/t16-/m0/s1. The fourth-order valence-electron chi connectivity index (χ4n) is 2.63. The van der Waals surface area contributed by atoms with Gasteiger partial charge in [-0.25, -0.2) is 8.42 Å². The molecule has 1 heterocycles. The molecule has 0 saturated carbocycles. The molecule has 0 unspecified atom stereocenters. The molecule has 0 fully saturated rings. The SMILES string of the molecule is CS(=O)(=O)N1CC[C@@H](C(=O)Nc2ccccc2Br)Oc2ccccc21. The van der Waals surface area contributed by atoms with Crippen LogP contribution in [0.5, 0.6) is 5.75 Å². The van der Waals surface area contributed by atoms with Gasteiger partial charge in [0.2, 0.25) is 10.0 Å². The Labute approximate surface area is 155 Å². The number of nitrogens with zero attached hydrogens (tertiary/aromatic N) is 1. The molecule has 1 atom stereocenters. The Morgan fingerprint density at radius 3 is 2.60 bits per heavy atom. The van der Waals surface area contributed by atoms with Crippen molar-refractivity contribution < 1.29 is 17.9 Å². The van der Waals surface area contributed by atoms with Crippen LogP contribution < -0.4 is 14.4 Å². The van der Waals surface area contributed by atoms with Gasteiger partial charge in [-0.3, -0.25) is 9.10 Å². The van der Waals surface area contributed by atoms with Crippen molar-refractivity contribution in [3.63, 3.8) is 0 Å². The van der Waals surface area contributed by atoms with E-state index < -0.39 is 16.1 Å². The van der Waals surface area contributed by atoms with Gasteiger partial charge >= 0.3 is 0 Å². The maximum atomic E-state index is 12.6. The van der Waals surface area contributed by atoms with Crippen molar-refractivity contribution in [2.24, 2.45) is 0 Å². The highest BCUT2D eigenvalue weighted by molar-refractivity contribution is 9.10. The summed E-state index contributed by atoms with van der Waals surface area (Å²) < 4.78 is 32.0. The number of rotatable bonds is 3. The zero-order valence-corrected chi connectivity index (χ0v) is 15.9. The van der Waals surface area contributed by atoms with Crippen LogP contribution in [0.1, 0.15) is 6.42 Å². The number of para-hydroxylation sites is 3. The van der Waals surface area contributed by atoms with Gasteiger partial charge in [-0.2, -0.15) is 0 Å². The predicted octanol–water partition coefficient (Wildman–Crippen LogP) is 3.00. The molecule has 1 aliphatic rings. The van der Waals surface area contributed by atoms with Crippen LogP contribution in [0.4, 0.5) is 11.4 Å². The Kier molecular flexibility index (Phi) is 5.01. The molecule has 0 aliphatic carbocycles. The maximum Gasteiger partial charge on any atom is 0.265 e. The lowest BCUT2D eigenvalue weighted by Crippen LogP contribution is -2.36. The highest BCUT2D eigenvalue weighted by Gasteiger charge is 2.31. The van der Waals surface area contributed by atoms with Crippen LogP contribution in [0, 0.1) is 0 Å². The van der Waals surface area contributed by atoms with E-state index in [2.05, 4.69) is 21.2 Å². The molecule has 8 heteroatoms. The normalized spacial score (nSPS) is 17.2. The van der Waals surface area contributed by atoms with Crippen LogP contribution in [0.25, 0.3) is 0 Å².